The van der Waals surface area contributed by atoms with Crippen molar-refractivity contribution in [3.8, 4) is 0 Å². The fraction of sp³-hybridized carbons (Fsp3) is 0.308. The van der Waals surface area contributed by atoms with Gasteiger partial charge in [-0.05, 0) is 36.6 Å². The molecule has 0 saturated carbocycles. The molecule has 2 N–H and O–H groups in total. The molecule has 1 aliphatic heterocycles. The molecule has 0 bridgehead atoms. The molecule has 3 nitrogen and oxygen atoms in total. The van der Waals surface area contributed by atoms with Gasteiger partial charge in [-0.1, -0.05) is 15.9 Å². The molecule has 0 saturated heterocycles. The van der Waals surface area contributed by atoms with Gasteiger partial charge in [-0.2, -0.15) is 5.10 Å². The Hall–Kier alpha value is -1.36. The van der Waals surface area contributed by atoms with Crippen molar-refractivity contribution < 1.29 is 4.39 Å². The van der Waals surface area contributed by atoms with Gasteiger partial charge in [-0.25, -0.2) is 4.39 Å². The van der Waals surface area contributed by atoms with E-state index in [1.807, 2.05) is 16.8 Å². The Labute approximate surface area is 113 Å². The first kappa shape index (κ1) is 11.7. The van der Waals surface area contributed by atoms with Crippen LogP contribution in [0.5, 0.6) is 0 Å². The number of halogens is 2. The van der Waals surface area contributed by atoms with Gasteiger partial charge in [-0.15, -0.1) is 0 Å². The number of nitrogens with two attached hydrogens (primary N) is 1. The van der Waals surface area contributed by atoms with Gasteiger partial charge in [0.05, 0.1) is 0 Å². The number of nitrogen functional groups attached to an aromatic ring is 1. The number of hydrogen-bond acceptors (Lipinski definition) is 2. The van der Waals surface area contributed by atoms with E-state index in [2.05, 4.69) is 21.0 Å². The Balaban J connectivity index is 2.10. The van der Waals surface area contributed by atoms with Crippen molar-refractivity contribution in [3.63, 3.8) is 0 Å². The van der Waals surface area contributed by atoms with Gasteiger partial charge in [-0.3, -0.25) is 4.68 Å². The molecule has 2 heterocycles. The predicted octanol–water partition coefficient (Wildman–Crippen LogP) is 3.29. The molecular weight excluding hydrogens is 297 g/mol. The molecule has 1 aliphatic rings. The molecule has 1 unspecified atom stereocenters. The van der Waals surface area contributed by atoms with Crippen molar-refractivity contribution in [2.45, 2.75) is 25.3 Å². The summed E-state index contributed by atoms with van der Waals surface area (Å²) in [4.78, 5) is 0. The fourth-order valence-corrected chi connectivity index (χ4v) is 2.98. The van der Waals surface area contributed by atoms with Crippen LogP contribution in [0.1, 0.15) is 30.0 Å². The first-order valence-corrected chi connectivity index (χ1v) is 6.72. The Morgan fingerprint density at radius 1 is 1.39 bits per heavy atom. The average molecular weight is 310 g/mol. The SMILES string of the molecule is Nc1cc2n(n1)CCCC2c1cc(Br)ccc1F. The highest BCUT2D eigenvalue weighted by atomic mass is 79.9. The largest absolute Gasteiger partial charge is 0.382 e. The number of aromatic nitrogens is 2. The van der Waals surface area contributed by atoms with Gasteiger partial charge in [0.15, 0.2) is 0 Å². The number of benzene rings is 1. The lowest BCUT2D eigenvalue weighted by Crippen LogP contribution is -2.17. The summed E-state index contributed by atoms with van der Waals surface area (Å²) in [6.07, 6.45) is 1.92. The predicted molar refractivity (Wildman–Crippen MR) is 71.8 cm³/mol. The molecular formula is C13H13BrFN3. The van der Waals surface area contributed by atoms with Crippen LogP contribution in [0.15, 0.2) is 28.7 Å². The molecule has 3 rings (SSSR count). The van der Waals surface area contributed by atoms with Crippen molar-refractivity contribution in [2.75, 3.05) is 5.73 Å². The van der Waals surface area contributed by atoms with Crippen molar-refractivity contribution >= 4 is 21.7 Å². The lowest BCUT2D eigenvalue weighted by atomic mass is 9.88. The Morgan fingerprint density at radius 3 is 3.06 bits per heavy atom. The smallest absolute Gasteiger partial charge is 0.145 e. The van der Waals surface area contributed by atoms with Crippen LogP contribution in [-0.4, -0.2) is 9.78 Å². The molecule has 0 amide bonds. The first-order chi connectivity index (χ1) is 8.65. The van der Waals surface area contributed by atoms with E-state index in [1.165, 1.54) is 6.07 Å². The summed E-state index contributed by atoms with van der Waals surface area (Å²) in [5, 5.41) is 4.24. The third kappa shape index (κ3) is 1.92. The van der Waals surface area contributed by atoms with E-state index in [-0.39, 0.29) is 11.7 Å². The molecule has 2 aromatic rings. The summed E-state index contributed by atoms with van der Waals surface area (Å²) < 4.78 is 16.8. The number of hydrogen-bond donors (Lipinski definition) is 1. The van der Waals surface area contributed by atoms with Gasteiger partial charge in [0.1, 0.15) is 11.6 Å². The van der Waals surface area contributed by atoms with Crippen LogP contribution in [-0.2, 0) is 6.54 Å². The van der Waals surface area contributed by atoms with E-state index in [4.69, 9.17) is 5.73 Å². The van der Waals surface area contributed by atoms with E-state index >= 15 is 0 Å². The topological polar surface area (TPSA) is 43.8 Å². The standard InChI is InChI=1S/C13H13BrFN3/c14-8-3-4-11(15)10(6-8)9-2-1-5-18-12(9)7-13(16)17-18/h3-4,6-7,9H,1-2,5H2,(H2,16,17). The molecule has 0 spiro atoms. The number of aryl methyl sites for hydroxylation is 1. The van der Waals surface area contributed by atoms with Crippen LogP contribution >= 0.6 is 15.9 Å². The summed E-state index contributed by atoms with van der Waals surface area (Å²) in [7, 11) is 0. The van der Waals surface area contributed by atoms with Gasteiger partial charge in [0.25, 0.3) is 0 Å². The van der Waals surface area contributed by atoms with E-state index < -0.39 is 0 Å². The Kier molecular flexibility index (Phi) is 2.86. The van der Waals surface area contributed by atoms with Crippen LogP contribution in [0.2, 0.25) is 0 Å². The zero-order valence-electron chi connectivity index (χ0n) is 9.74. The second kappa shape index (κ2) is 4.39. The molecule has 5 heteroatoms. The summed E-state index contributed by atoms with van der Waals surface area (Å²) in [6.45, 7) is 0.860. The maximum Gasteiger partial charge on any atom is 0.145 e. The van der Waals surface area contributed by atoms with Crippen molar-refractivity contribution in [1.82, 2.24) is 9.78 Å². The molecule has 0 aliphatic carbocycles. The van der Waals surface area contributed by atoms with Gasteiger partial charge in [0.2, 0.25) is 0 Å². The van der Waals surface area contributed by atoms with Gasteiger partial charge >= 0.3 is 0 Å². The van der Waals surface area contributed by atoms with E-state index in [1.54, 1.807) is 6.07 Å². The molecule has 0 fully saturated rings. The van der Waals surface area contributed by atoms with E-state index in [9.17, 15) is 4.39 Å². The highest BCUT2D eigenvalue weighted by molar-refractivity contribution is 9.10. The highest BCUT2D eigenvalue weighted by Gasteiger charge is 2.25. The number of nitrogens with zero attached hydrogens (tertiary/aromatic N) is 2. The summed E-state index contributed by atoms with van der Waals surface area (Å²) >= 11 is 3.39. The monoisotopic (exact) mass is 309 g/mol. The number of anilines is 1. The zero-order chi connectivity index (χ0) is 12.7. The zero-order valence-corrected chi connectivity index (χ0v) is 11.3. The summed E-state index contributed by atoms with van der Waals surface area (Å²) in [5.41, 5.74) is 7.45. The van der Waals surface area contributed by atoms with Gasteiger partial charge in [0, 0.05) is 28.7 Å². The Morgan fingerprint density at radius 2 is 2.22 bits per heavy atom. The molecule has 1 atom stereocenters. The minimum Gasteiger partial charge on any atom is -0.382 e. The normalized spacial score (nSPS) is 18.7. The van der Waals surface area contributed by atoms with Gasteiger partial charge < -0.3 is 5.73 Å². The third-order valence-corrected chi connectivity index (χ3v) is 3.88. The minimum absolute atomic E-state index is 0.0426. The highest BCUT2D eigenvalue weighted by Crippen LogP contribution is 2.36. The number of rotatable bonds is 1. The fourth-order valence-electron chi connectivity index (χ4n) is 2.60. The molecule has 1 aromatic heterocycles. The van der Waals surface area contributed by atoms with Crippen LogP contribution in [0.4, 0.5) is 10.2 Å². The maximum absolute atomic E-state index is 14.0. The Bertz CT molecular complexity index is 594. The van der Waals surface area contributed by atoms with Crippen LogP contribution < -0.4 is 5.73 Å². The lowest BCUT2D eigenvalue weighted by Gasteiger charge is -2.24. The number of fused-ring (bicyclic) bond motifs is 1. The summed E-state index contributed by atoms with van der Waals surface area (Å²) in [5.74, 6) is 0.379. The van der Waals surface area contributed by atoms with Crippen molar-refractivity contribution in [2.24, 2.45) is 0 Å². The molecule has 0 radical (unpaired) electrons. The quantitative estimate of drug-likeness (QED) is 0.878. The molecule has 94 valence electrons. The molecule has 18 heavy (non-hydrogen) atoms. The van der Waals surface area contributed by atoms with E-state index in [0.717, 1.165) is 29.6 Å². The van der Waals surface area contributed by atoms with Crippen LogP contribution in [0, 0.1) is 5.82 Å². The van der Waals surface area contributed by atoms with Crippen LogP contribution in [0.25, 0.3) is 0 Å². The first-order valence-electron chi connectivity index (χ1n) is 5.93. The second-order valence-corrected chi connectivity index (χ2v) is 5.49. The lowest BCUT2D eigenvalue weighted by molar-refractivity contribution is 0.444. The second-order valence-electron chi connectivity index (χ2n) is 4.58. The van der Waals surface area contributed by atoms with E-state index in [0.29, 0.717) is 11.4 Å². The maximum atomic E-state index is 14.0. The third-order valence-electron chi connectivity index (χ3n) is 3.38. The molecule has 1 aromatic carbocycles. The average Bonchev–Trinajstić information content (AvgIpc) is 2.72. The summed E-state index contributed by atoms with van der Waals surface area (Å²) in [6, 6.07) is 6.91. The van der Waals surface area contributed by atoms with Crippen molar-refractivity contribution in [3.05, 3.63) is 45.8 Å². The minimum atomic E-state index is -0.170. The van der Waals surface area contributed by atoms with Crippen molar-refractivity contribution in [1.29, 1.82) is 0 Å². The van der Waals surface area contributed by atoms with Crippen LogP contribution in [0.3, 0.4) is 0 Å².